The van der Waals surface area contributed by atoms with Crippen molar-refractivity contribution in [2.75, 3.05) is 0 Å². The van der Waals surface area contributed by atoms with Gasteiger partial charge in [0.15, 0.2) is 0 Å². The number of hydrogen-bond donors (Lipinski definition) is 0. The van der Waals surface area contributed by atoms with E-state index >= 15 is 0 Å². The Labute approximate surface area is 115 Å². The molecule has 0 aliphatic heterocycles. The molecular weight excluding hydrogens is 236 g/mol. The zero-order valence-electron chi connectivity index (χ0n) is 12.7. The molecule has 0 unspecified atom stereocenters. The summed E-state index contributed by atoms with van der Waals surface area (Å²) in [7, 11) is 0. The van der Waals surface area contributed by atoms with E-state index < -0.39 is 0 Å². The van der Waals surface area contributed by atoms with Crippen molar-refractivity contribution in [3.05, 3.63) is 46.6 Å². The van der Waals surface area contributed by atoms with Crippen LogP contribution in [0.3, 0.4) is 0 Å². The van der Waals surface area contributed by atoms with E-state index in [-0.39, 0.29) is 0 Å². The Bertz CT molecular complexity index is 500. The zero-order chi connectivity index (χ0) is 14.4. The Morgan fingerprint density at radius 1 is 0.684 bits per heavy atom. The van der Waals surface area contributed by atoms with Gasteiger partial charge in [-0.2, -0.15) is 0 Å². The predicted octanol–water partition coefficient (Wildman–Crippen LogP) is 3.06. The monoisotopic (exact) mass is 258 g/mol. The molecule has 4 heteroatoms. The summed E-state index contributed by atoms with van der Waals surface area (Å²) in [6.45, 7) is 12.0. The highest BCUT2D eigenvalue weighted by Crippen LogP contribution is 2.04. The Hall–Kier alpha value is -1.84. The maximum Gasteiger partial charge on any atom is 0.0613 e. The van der Waals surface area contributed by atoms with Crippen LogP contribution in [0.1, 0.15) is 41.1 Å². The molecular formula is C15H22N4. The minimum Gasteiger partial charge on any atom is -0.258 e. The van der Waals surface area contributed by atoms with Crippen LogP contribution >= 0.6 is 0 Å². The summed E-state index contributed by atoms with van der Waals surface area (Å²) >= 11 is 0. The van der Waals surface area contributed by atoms with E-state index in [1.54, 1.807) is 12.4 Å². The molecule has 0 aliphatic carbocycles. The quantitative estimate of drug-likeness (QED) is 0.789. The molecule has 0 aliphatic rings. The SMILES string of the molecule is CCc1nccnc1C.Cc1nc(C)c(C)nc1C. The molecule has 2 aromatic rings. The van der Waals surface area contributed by atoms with Gasteiger partial charge in [-0.25, -0.2) is 0 Å². The summed E-state index contributed by atoms with van der Waals surface area (Å²) in [5.74, 6) is 0. The summed E-state index contributed by atoms with van der Waals surface area (Å²) in [5.41, 5.74) is 6.26. The van der Waals surface area contributed by atoms with Crippen molar-refractivity contribution in [3.8, 4) is 0 Å². The lowest BCUT2D eigenvalue weighted by Crippen LogP contribution is -1.97. The molecule has 102 valence electrons. The smallest absolute Gasteiger partial charge is 0.0613 e. The zero-order valence-corrected chi connectivity index (χ0v) is 12.7. The lowest BCUT2D eigenvalue weighted by atomic mass is 10.3. The molecule has 19 heavy (non-hydrogen) atoms. The van der Waals surface area contributed by atoms with Crippen LogP contribution in [0.25, 0.3) is 0 Å². The van der Waals surface area contributed by atoms with Crippen LogP contribution in [0.15, 0.2) is 12.4 Å². The van der Waals surface area contributed by atoms with Crippen LogP contribution < -0.4 is 0 Å². The molecule has 0 N–H and O–H groups in total. The standard InChI is InChI=1S/C8H12N2.C7H10N2/c1-5-6(2)10-8(4)7(3)9-5;1-3-7-6(2)8-4-5-9-7/h1-4H3;4-5H,3H2,1-2H3. The van der Waals surface area contributed by atoms with Crippen molar-refractivity contribution in [1.82, 2.24) is 19.9 Å². The van der Waals surface area contributed by atoms with Crippen molar-refractivity contribution < 1.29 is 0 Å². The van der Waals surface area contributed by atoms with Crippen LogP contribution in [0.2, 0.25) is 0 Å². The van der Waals surface area contributed by atoms with Gasteiger partial charge >= 0.3 is 0 Å². The van der Waals surface area contributed by atoms with E-state index in [2.05, 4.69) is 26.9 Å². The van der Waals surface area contributed by atoms with Gasteiger partial charge in [-0.15, -0.1) is 0 Å². The summed E-state index contributed by atoms with van der Waals surface area (Å²) in [6.07, 6.45) is 4.42. The average molecular weight is 258 g/mol. The molecule has 0 saturated carbocycles. The van der Waals surface area contributed by atoms with Gasteiger partial charge < -0.3 is 0 Å². The van der Waals surface area contributed by atoms with E-state index in [1.165, 1.54) is 0 Å². The lowest BCUT2D eigenvalue weighted by Gasteiger charge is -2.01. The van der Waals surface area contributed by atoms with Crippen LogP contribution in [-0.2, 0) is 6.42 Å². The third-order valence-electron chi connectivity index (χ3n) is 3.04. The number of rotatable bonds is 1. The van der Waals surface area contributed by atoms with Crippen molar-refractivity contribution >= 4 is 0 Å². The molecule has 0 atom stereocenters. The van der Waals surface area contributed by atoms with Crippen LogP contribution in [0.5, 0.6) is 0 Å². The highest BCUT2D eigenvalue weighted by Gasteiger charge is 1.98. The first-order valence-corrected chi connectivity index (χ1v) is 6.50. The summed E-state index contributed by atoms with van der Waals surface area (Å²) in [5, 5.41) is 0. The summed E-state index contributed by atoms with van der Waals surface area (Å²) < 4.78 is 0. The molecule has 4 nitrogen and oxygen atoms in total. The van der Waals surface area contributed by atoms with Crippen molar-refractivity contribution in [2.45, 2.75) is 48.0 Å². The van der Waals surface area contributed by atoms with Crippen molar-refractivity contribution in [2.24, 2.45) is 0 Å². The summed E-state index contributed by atoms with van der Waals surface area (Å²) in [6, 6.07) is 0. The van der Waals surface area contributed by atoms with E-state index in [4.69, 9.17) is 0 Å². The van der Waals surface area contributed by atoms with Crippen molar-refractivity contribution in [3.63, 3.8) is 0 Å². The number of nitrogens with zero attached hydrogens (tertiary/aromatic N) is 4. The molecule has 0 radical (unpaired) electrons. The van der Waals surface area contributed by atoms with Gasteiger partial charge in [0.2, 0.25) is 0 Å². The highest BCUT2D eigenvalue weighted by atomic mass is 14.8. The highest BCUT2D eigenvalue weighted by molar-refractivity contribution is 5.16. The fourth-order valence-electron chi connectivity index (χ4n) is 1.61. The molecule has 0 aromatic carbocycles. The third kappa shape index (κ3) is 4.39. The molecule has 0 saturated heterocycles. The van der Waals surface area contributed by atoms with Crippen molar-refractivity contribution in [1.29, 1.82) is 0 Å². The van der Waals surface area contributed by atoms with Gasteiger partial charge in [0.05, 0.1) is 34.2 Å². The largest absolute Gasteiger partial charge is 0.258 e. The number of aryl methyl sites for hydroxylation is 6. The van der Waals surface area contributed by atoms with Gasteiger partial charge in [-0.05, 0) is 41.0 Å². The number of aromatic nitrogens is 4. The van der Waals surface area contributed by atoms with E-state index in [1.807, 2.05) is 34.6 Å². The second-order valence-electron chi connectivity index (χ2n) is 4.51. The molecule has 0 bridgehead atoms. The first-order chi connectivity index (χ1) is 8.95. The van der Waals surface area contributed by atoms with E-state index in [9.17, 15) is 0 Å². The minimum absolute atomic E-state index is 0.972. The van der Waals surface area contributed by atoms with Gasteiger partial charge in [0.25, 0.3) is 0 Å². The molecule has 2 heterocycles. The minimum atomic E-state index is 0.972. The van der Waals surface area contributed by atoms with Crippen LogP contribution in [-0.4, -0.2) is 19.9 Å². The van der Waals surface area contributed by atoms with Gasteiger partial charge in [0.1, 0.15) is 0 Å². The fraction of sp³-hybridized carbons (Fsp3) is 0.467. The average Bonchev–Trinajstić information content (AvgIpc) is 2.38. The van der Waals surface area contributed by atoms with Gasteiger partial charge in [-0.1, -0.05) is 6.92 Å². The first kappa shape index (κ1) is 15.2. The molecule has 0 amide bonds. The van der Waals surface area contributed by atoms with Crippen LogP contribution in [0, 0.1) is 34.6 Å². The molecule has 2 aromatic heterocycles. The normalized spacial score (nSPS) is 9.79. The van der Waals surface area contributed by atoms with Gasteiger partial charge in [-0.3, -0.25) is 19.9 Å². The second kappa shape index (κ2) is 6.92. The van der Waals surface area contributed by atoms with Gasteiger partial charge in [0, 0.05) is 12.4 Å². The lowest BCUT2D eigenvalue weighted by molar-refractivity contribution is 0.957. The Morgan fingerprint density at radius 3 is 1.42 bits per heavy atom. The Balaban J connectivity index is 0.000000191. The fourth-order valence-corrected chi connectivity index (χ4v) is 1.61. The van der Waals surface area contributed by atoms with Crippen LogP contribution in [0.4, 0.5) is 0 Å². The van der Waals surface area contributed by atoms with E-state index in [0.29, 0.717) is 0 Å². The topological polar surface area (TPSA) is 51.6 Å². The number of hydrogen-bond acceptors (Lipinski definition) is 4. The Kier molecular flexibility index (Phi) is 5.55. The third-order valence-corrected chi connectivity index (χ3v) is 3.04. The predicted molar refractivity (Wildman–Crippen MR) is 77.1 cm³/mol. The first-order valence-electron chi connectivity index (χ1n) is 6.50. The Morgan fingerprint density at radius 2 is 1.11 bits per heavy atom. The maximum atomic E-state index is 4.31. The van der Waals surface area contributed by atoms with E-state index in [0.717, 1.165) is 40.6 Å². The summed E-state index contributed by atoms with van der Waals surface area (Å²) in [4.78, 5) is 16.8. The maximum absolute atomic E-state index is 4.31. The second-order valence-corrected chi connectivity index (χ2v) is 4.51. The molecule has 0 spiro atoms. The molecule has 0 fully saturated rings. The molecule has 2 rings (SSSR count).